The Balaban J connectivity index is 2.22. The Morgan fingerprint density at radius 3 is 2.60 bits per heavy atom. The number of nitrogens with two attached hydrogens (primary N) is 1. The van der Waals surface area contributed by atoms with Crippen molar-refractivity contribution in [1.29, 1.82) is 0 Å². The molecule has 2 heterocycles. The summed E-state index contributed by atoms with van der Waals surface area (Å²) in [6.45, 7) is 4.59. The first-order chi connectivity index (χ1) is 9.60. The van der Waals surface area contributed by atoms with Gasteiger partial charge in [0.2, 0.25) is 0 Å². The van der Waals surface area contributed by atoms with Crippen LogP contribution in [0.3, 0.4) is 0 Å². The van der Waals surface area contributed by atoms with Crippen LogP contribution in [0.1, 0.15) is 16.7 Å². The van der Waals surface area contributed by atoms with E-state index in [0.717, 1.165) is 16.6 Å². The Bertz CT molecular complexity index is 792. The fourth-order valence-electron chi connectivity index (χ4n) is 2.19. The zero-order chi connectivity index (χ0) is 14.3. The smallest absolute Gasteiger partial charge is 0.157 e. The van der Waals surface area contributed by atoms with Gasteiger partial charge in [-0.15, -0.1) is 0 Å². The van der Waals surface area contributed by atoms with Gasteiger partial charge in [0.05, 0.1) is 16.1 Å². The van der Waals surface area contributed by atoms with E-state index < -0.39 is 0 Å². The third kappa shape index (κ3) is 2.07. The van der Waals surface area contributed by atoms with Crippen molar-refractivity contribution in [2.75, 3.05) is 0 Å². The molecule has 0 amide bonds. The van der Waals surface area contributed by atoms with E-state index in [1.165, 1.54) is 11.1 Å². The highest BCUT2D eigenvalue weighted by Gasteiger charge is 2.11. The van der Waals surface area contributed by atoms with E-state index in [1.807, 2.05) is 10.6 Å². The lowest BCUT2D eigenvalue weighted by atomic mass is 10.1. The Morgan fingerprint density at radius 2 is 1.90 bits per heavy atom. The van der Waals surface area contributed by atoms with E-state index in [1.54, 1.807) is 12.5 Å². The molecule has 0 saturated carbocycles. The molecule has 0 aliphatic rings. The van der Waals surface area contributed by atoms with Crippen LogP contribution in [0.4, 0.5) is 0 Å². The minimum absolute atomic E-state index is 0.427. The second-order valence-electron chi connectivity index (χ2n) is 4.89. The molecular weight excluding hydrogens is 272 g/mol. The first kappa shape index (κ1) is 13.1. The predicted octanol–water partition coefficient (Wildman–Crippen LogP) is 3.15. The summed E-state index contributed by atoms with van der Waals surface area (Å²) < 4.78 is 1.91. The van der Waals surface area contributed by atoms with Gasteiger partial charge in [-0.05, 0) is 48.7 Å². The number of rotatable bonds is 2. The SMILES string of the molecule is Cc1cc2ncn(-c3ncc(CN)cc3Cl)c2cc1C. The Labute approximate surface area is 122 Å². The topological polar surface area (TPSA) is 56.7 Å². The lowest BCUT2D eigenvalue weighted by Gasteiger charge is -2.08. The van der Waals surface area contributed by atoms with Crippen LogP contribution in [0.2, 0.25) is 5.02 Å². The van der Waals surface area contributed by atoms with Crippen LogP contribution in [0.5, 0.6) is 0 Å². The fourth-order valence-corrected chi connectivity index (χ4v) is 2.47. The Hall–Kier alpha value is -1.91. The summed E-state index contributed by atoms with van der Waals surface area (Å²) in [6, 6.07) is 6.02. The maximum absolute atomic E-state index is 6.30. The molecule has 20 heavy (non-hydrogen) atoms. The van der Waals surface area contributed by atoms with Gasteiger partial charge in [-0.25, -0.2) is 9.97 Å². The molecule has 0 radical (unpaired) electrons. The Morgan fingerprint density at radius 1 is 1.15 bits per heavy atom. The van der Waals surface area contributed by atoms with Crippen LogP contribution in [0.25, 0.3) is 16.9 Å². The predicted molar refractivity (Wildman–Crippen MR) is 81.2 cm³/mol. The van der Waals surface area contributed by atoms with Gasteiger partial charge in [-0.2, -0.15) is 0 Å². The van der Waals surface area contributed by atoms with Crippen LogP contribution in [0.15, 0.2) is 30.7 Å². The zero-order valence-corrected chi connectivity index (χ0v) is 12.1. The lowest BCUT2D eigenvalue weighted by Crippen LogP contribution is -2.02. The summed E-state index contributed by atoms with van der Waals surface area (Å²) >= 11 is 6.30. The summed E-state index contributed by atoms with van der Waals surface area (Å²) in [5.41, 5.74) is 10.9. The summed E-state index contributed by atoms with van der Waals surface area (Å²) in [4.78, 5) is 8.83. The number of nitrogens with zero attached hydrogens (tertiary/aromatic N) is 3. The van der Waals surface area contributed by atoms with Crippen molar-refractivity contribution in [2.24, 2.45) is 5.73 Å². The number of hydrogen-bond acceptors (Lipinski definition) is 3. The van der Waals surface area contributed by atoms with Crippen molar-refractivity contribution in [1.82, 2.24) is 14.5 Å². The molecule has 0 bridgehead atoms. The summed E-state index contributed by atoms with van der Waals surface area (Å²) in [5, 5.41) is 0.575. The maximum atomic E-state index is 6.30. The molecule has 0 aliphatic heterocycles. The molecule has 2 N–H and O–H groups in total. The Kier molecular flexibility index (Phi) is 3.20. The van der Waals surface area contributed by atoms with Gasteiger partial charge >= 0.3 is 0 Å². The molecule has 0 spiro atoms. The van der Waals surface area contributed by atoms with Gasteiger partial charge < -0.3 is 5.73 Å². The van der Waals surface area contributed by atoms with Crippen LogP contribution < -0.4 is 5.73 Å². The van der Waals surface area contributed by atoms with Crippen molar-refractivity contribution < 1.29 is 0 Å². The highest BCUT2D eigenvalue weighted by Crippen LogP contribution is 2.25. The molecule has 0 unspecified atom stereocenters. The second kappa shape index (κ2) is 4.89. The molecule has 1 aromatic carbocycles. The standard InChI is InChI=1S/C15H15ClN4/c1-9-3-13-14(4-10(9)2)20(8-19-13)15-12(16)5-11(6-17)7-18-15/h3-5,7-8H,6,17H2,1-2H3. The summed E-state index contributed by atoms with van der Waals surface area (Å²) in [7, 11) is 0. The van der Waals surface area contributed by atoms with Crippen molar-refractivity contribution in [3.8, 4) is 5.82 Å². The van der Waals surface area contributed by atoms with Gasteiger partial charge in [0.25, 0.3) is 0 Å². The molecule has 5 heteroatoms. The molecule has 0 saturated heterocycles. The minimum atomic E-state index is 0.427. The normalized spacial score (nSPS) is 11.2. The molecule has 3 rings (SSSR count). The number of halogens is 1. The van der Waals surface area contributed by atoms with Gasteiger partial charge in [-0.1, -0.05) is 11.6 Å². The summed E-state index contributed by atoms with van der Waals surface area (Å²) in [5.74, 6) is 0.676. The van der Waals surface area contributed by atoms with Crippen molar-refractivity contribution in [2.45, 2.75) is 20.4 Å². The highest BCUT2D eigenvalue weighted by atomic mass is 35.5. The van der Waals surface area contributed by atoms with Crippen molar-refractivity contribution in [3.63, 3.8) is 0 Å². The molecule has 2 aromatic heterocycles. The number of aromatic nitrogens is 3. The van der Waals surface area contributed by atoms with Gasteiger partial charge in [-0.3, -0.25) is 4.57 Å². The van der Waals surface area contributed by atoms with E-state index in [-0.39, 0.29) is 0 Å². The largest absolute Gasteiger partial charge is 0.326 e. The molecular formula is C15H15ClN4. The highest BCUT2D eigenvalue weighted by molar-refractivity contribution is 6.32. The van der Waals surface area contributed by atoms with Crippen molar-refractivity contribution >= 4 is 22.6 Å². The summed E-state index contributed by atoms with van der Waals surface area (Å²) in [6.07, 6.45) is 3.49. The fraction of sp³-hybridized carbons (Fsp3) is 0.200. The number of imidazole rings is 1. The number of benzene rings is 1. The molecule has 102 valence electrons. The average molecular weight is 287 g/mol. The monoisotopic (exact) mass is 286 g/mol. The van der Waals surface area contributed by atoms with Gasteiger partial charge in [0.1, 0.15) is 6.33 Å². The molecule has 0 aliphatic carbocycles. The number of hydrogen-bond donors (Lipinski definition) is 1. The molecule has 3 aromatic rings. The van der Waals surface area contributed by atoms with Crippen LogP contribution in [-0.4, -0.2) is 14.5 Å². The van der Waals surface area contributed by atoms with E-state index in [9.17, 15) is 0 Å². The molecule has 0 fully saturated rings. The second-order valence-corrected chi connectivity index (χ2v) is 5.30. The average Bonchev–Trinajstić information content (AvgIpc) is 2.82. The third-order valence-electron chi connectivity index (χ3n) is 3.50. The van der Waals surface area contributed by atoms with E-state index >= 15 is 0 Å². The molecule has 0 atom stereocenters. The van der Waals surface area contributed by atoms with Crippen molar-refractivity contribution in [3.05, 3.63) is 52.4 Å². The minimum Gasteiger partial charge on any atom is -0.326 e. The third-order valence-corrected chi connectivity index (χ3v) is 3.78. The number of fused-ring (bicyclic) bond motifs is 1. The van der Waals surface area contributed by atoms with Gasteiger partial charge in [0, 0.05) is 12.7 Å². The first-order valence-electron chi connectivity index (χ1n) is 6.39. The lowest BCUT2D eigenvalue weighted by molar-refractivity contribution is 0.988. The van der Waals surface area contributed by atoms with Gasteiger partial charge in [0.15, 0.2) is 5.82 Å². The van der Waals surface area contributed by atoms with Crippen LogP contribution >= 0.6 is 11.6 Å². The van der Waals surface area contributed by atoms with E-state index in [0.29, 0.717) is 17.4 Å². The van der Waals surface area contributed by atoms with E-state index in [4.69, 9.17) is 17.3 Å². The quantitative estimate of drug-likeness (QED) is 0.787. The zero-order valence-electron chi connectivity index (χ0n) is 11.4. The van der Waals surface area contributed by atoms with Crippen LogP contribution in [-0.2, 0) is 6.54 Å². The molecule has 4 nitrogen and oxygen atoms in total. The first-order valence-corrected chi connectivity index (χ1v) is 6.77. The number of aryl methyl sites for hydroxylation is 2. The maximum Gasteiger partial charge on any atom is 0.157 e. The van der Waals surface area contributed by atoms with E-state index in [2.05, 4.69) is 35.9 Å². The van der Waals surface area contributed by atoms with Crippen LogP contribution in [0, 0.1) is 13.8 Å². The number of pyridine rings is 1.